The van der Waals surface area contributed by atoms with Gasteiger partial charge in [-0.15, -0.1) is 0 Å². The maximum atomic E-state index is 13.1. The second-order valence-electron chi connectivity index (χ2n) is 6.46. The lowest BCUT2D eigenvalue weighted by molar-refractivity contribution is 0.102. The molecule has 6 nitrogen and oxygen atoms in total. The second kappa shape index (κ2) is 7.61. The monoisotopic (exact) mass is 362 g/mol. The number of ether oxygens (including phenoxy) is 1. The van der Waals surface area contributed by atoms with Crippen LogP contribution >= 0.6 is 0 Å². The average molecular weight is 362 g/mol. The number of anilines is 2. The summed E-state index contributed by atoms with van der Waals surface area (Å²) in [5.41, 5.74) is 2.49. The molecule has 1 N–H and O–H groups in total. The van der Waals surface area contributed by atoms with Gasteiger partial charge in [-0.1, -0.05) is 24.3 Å². The SMILES string of the molecule is CCOc1ccccc1NC(=O)c1nc2ccccc2nc1N1CCCC1. The van der Waals surface area contributed by atoms with Gasteiger partial charge < -0.3 is 15.0 Å². The Hall–Kier alpha value is -3.15. The zero-order chi connectivity index (χ0) is 18.6. The number of carbonyl (C=O) groups is 1. The third kappa shape index (κ3) is 3.56. The molecule has 0 aliphatic carbocycles. The third-order valence-corrected chi connectivity index (χ3v) is 4.61. The summed E-state index contributed by atoms with van der Waals surface area (Å²) < 4.78 is 5.61. The number of aromatic nitrogens is 2. The summed E-state index contributed by atoms with van der Waals surface area (Å²) in [6.07, 6.45) is 2.20. The Labute approximate surface area is 158 Å². The third-order valence-electron chi connectivity index (χ3n) is 4.61. The molecule has 4 rings (SSSR count). The van der Waals surface area contributed by atoms with E-state index in [9.17, 15) is 4.79 Å². The van der Waals surface area contributed by atoms with Crippen molar-refractivity contribution in [2.24, 2.45) is 0 Å². The van der Waals surface area contributed by atoms with Gasteiger partial charge in [0.05, 0.1) is 23.3 Å². The largest absolute Gasteiger partial charge is 0.492 e. The van der Waals surface area contributed by atoms with Gasteiger partial charge in [-0.2, -0.15) is 0 Å². The van der Waals surface area contributed by atoms with E-state index < -0.39 is 0 Å². The second-order valence-corrected chi connectivity index (χ2v) is 6.46. The van der Waals surface area contributed by atoms with E-state index in [4.69, 9.17) is 9.72 Å². The van der Waals surface area contributed by atoms with E-state index in [1.54, 1.807) is 0 Å². The minimum Gasteiger partial charge on any atom is -0.492 e. The van der Waals surface area contributed by atoms with Crippen LogP contribution in [-0.4, -0.2) is 35.6 Å². The number of nitrogens with one attached hydrogen (secondary N) is 1. The standard InChI is InChI=1S/C21H22N4O2/c1-2-27-18-12-6-5-11-17(18)24-21(26)19-20(25-13-7-8-14-25)23-16-10-4-3-9-15(16)22-19/h3-6,9-12H,2,7-8,13-14H2,1H3,(H,24,26). The van der Waals surface area contributed by atoms with Gasteiger partial charge in [0.2, 0.25) is 0 Å². The molecule has 1 aliphatic rings. The van der Waals surface area contributed by atoms with Crippen molar-refractivity contribution in [3.63, 3.8) is 0 Å². The number of fused-ring (bicyclic) bond motifs is 1. The van der Waals surface area contributed by atoms with Gasteiger partial charge in [-0.05, 0) is 44.0 Å². The Bertz CT molecular complexity index is 967. The number of hydrogen-bond acceptors (Lipinski definition) is 5. The van der Waals surface area contributed by atoms with Crippen LogP contribution in [0.5, 0.6) is 5.75 Å². The van der Waals surface area contributed by atoms with Gasteiger partial charge in [0.15, 0.2) is 11.5 Å². The topological polar surface area (TPSA) is 67.3 Å². The number of para-hydroxylation sites is 4. The number of benzene rings is 2. The van der Waals surface area contributed by atoms with Crippen LogP contribution in [0.15, 0.2) is 48.5 Å². The van der Waals surface area contributed by atoms with E-state index in [1.165, 1.54) is 0 Å². The normalized spacial score (nSPS) is 13.7. The highest BCUT2D eigenvalue weighted by molar-refractivity contribution is 6.07. The minimum atomic E-state index is -0.276. The molecule has 0 bridgehead atoms. The molecule has 1 aromatic heterocycles. The summed E-state index contributed by atoms with van der Waals surface area (Å²) >= 11 is 0. The molecule has 1 amide bonds. The fraction of sp³-hybridized carbons (Fsp3) is 0.286. The fourth-order valence-electron chi connectivity index (χ4n) is 3.33. The Balaban J connectivity index is 1.73. The molecule has 1 fully saturated rings. The van der Waals surface area contributed by atoms with E-state index in [-0.39, 0.29) is 5.91 Å². The Kier molecular flexibility index (Phi) is 4.87. The first-order valence-electron chi connectivity index (χ1n) is 9.31. The molecule has 1 saturated heterocycles. The van der Waals surface area contributed by atoms with Gasteiger partial charge in [-0.3, -0.25) is 4.79 Å². The van der Waals surface area contributed by atoms with E-state index in [1.807, 2.05) is 55.5 Å². The maximum Gasteiger partial charge on any atom is 0.278 e. The quantitative estimate of drug-likeness (QED) is 0.746. The molecular weight excluding hydrogens is 340 g/mol. The van der Waals surface area contributed by atoms with Crippen molar-refractivity contribution in [2.45, 2.75) is 19.8 Å². The van der Waals surface area contributed by atoms with Crippen molar-refractivity contribution in [3.8, 4) is 5.75 Å². The summed E-state index contributed by atoms with van der Waals surface area (Å²) in [5, 5.41) is 2.95. The van der Waals surface area contributed by atoms with Crippen LogP contribution in [-0.2, 0) is 0 Å². The fourth-order valence-corrected chi connectivity index (χ4v) is 3.33. The summed E-state index contributed by atoms with van der Waals surface area (Å²) in [6, 6.07) is 15.0. The van der Waals surface area contributed by atoms with Crippen molar-refractivity contribution in [1.82, 2.24) is 9.97 Å². The van der Waals surface area contributed by atoms with Gasteiger partial charge in [-0.25, -0.2) is 9.97 Å². The predicted octanol–water partition coefficient (Wildman–Crippen LogP) is 3.88. The number of carbonyl (C=O) groups excluding carboxylic acids is 1. The van der Waals surface area contributed by atoms with Crippen molar-refractivity contribution in [2.75, 3.05) is 29.9 Å². The highest BCUT2D eigenvalue weighted by Crippen LogP contribution is 2.28. The average Bonchev–Trinajstić information content (AvgIpc) is 3.23. The molecule has 1 aliphatic heterocycles. The Morgan fingerprint density at radius 3 is 2.44 bits per heavy atom. The smallest absolute Gasteiger partial charge is 0.278 e. The lowest BCUT2D eigenvalue weighted by Crippen LogP contribution is -2.25. The van der Waals surface area contributed by atoms with Gasteiger partial charge in [0.25, 0.3) is 5.91 Å². The molecular formula is C21H22N4O2. The minimum absolute atomic E-state index is 0.276. The molecule has 3 aromatic rings. The molecule has 0 radical (unpaired) electrons. The first-order valence-corrected chi connectivity index (χ1v) is 9.31. The first-order chi connectivity index (χ1) is 13.3. The number of nitrogens with zero attached hydrogens (tertiary/aromatic N) is 3. The van der Waals surface area contributed by atoms with Crippen LogP contribution in [0.1, 0.15) is 30.3 Å². The number of hydrogen-bond donors (Lipinski definition) is 1. The van der Waals surface area contributed by atoms with Crippen LogP contribution in [0.2, 0.25) is 0 Å². The van der Waals surface area contributed by atoms with E-state index in [0.717, 1.165) is 31.4 Å². The van der Waals surface area contributed by atoms with Gasteiger partial charge in [0, 0.05) is 13.1 Å². The number of rotatable bonds is 5. The lowest BCUT2D eigenvalue weighted by atomic mass is 10.2. The highest BCUT2D eigenvalue weighted by Gasteiger charge is 2.24. The first kappa shape index (κ1) is 17.3. The van der Waals surface area contributed by atoms with Crippen molar-refractivity contribution in [3.05, 3.63) is 54.2 Å². The van der Waals surface area contributed by atoms with E-state index in [2.05, 4.69) is 15.2 Å². The molecule has 27 heavy (non-hydrogen) atoms. The summed E-state index contributed by atoms with van der Waals surface area (Å²) in [7, 11) is 0. The molecule has 0 atom stereocenters. The number of amides is 1. The van der Waals surface area contributed by atoms with Gasteiger partial charge in [0.1, 0.15) is 5.75 Å². The van der Waals surface area contributed by atoms with Crippen LogP contribution < -0.4 is 15.0 Å². The molecule has 6 heteroatoms. The summed E-state index contributed by atoms with van der Waals surface area (Å²) in [5.74, 6) is 1.02. The Morgan fingerprint density at radius 1 is 1.04 bits per heavy atom. The predicted molar refractivity (Wildman–Crippen MR) is 107 cm³/mol. The summed E-state index contributed by atoms with van der Waals surface area (Å²) in [4.78, 5) is 24.6. The Morgan fingerprint density at radius 2 is 1.70 bits per heavy atom. The van der Waals surface area contributed by atoms with Gasteiger partial charge >= 0.3 is 0 Å². The molecule has 2 heterocycles. The van der Waals surface area contributed by atoms with Crippen LogP contribution in [0.3, 0.4) is 0 Å². The maximum absolute atomic E-state index is 13.1. The summed E-state index contributed by atoms with van der Waals surface area (Å²) in [6.45, 7) is 4.23. The van der Waals surface area contributed by atoms with Crippen LogP contribution in [0, 0.1) is 0 Å². The molecule has 138 valence electrons. The lowest BCUT2D eigenvalue weighted by Gasteiger charge is -2.20. The highest BCUT2D eigenvalue weighted by atomic mass is 16.5. The van der Waals surface area contributed by atoms with Crippen LogP contribution in [0.25, 0.3) is 11.0 Å². The zero-order valence-corrected chi connectivity index (χ0v) is 15.3. The molecule has 2 aromatic carbocycles. The van der Waals surface area contributed by atoms with E-state index in [0.29, 0.717) is 35.1 Å². The van der Waals surface area contributed by atoms with E-state index >= 15 is 0 Å². The van der Waals surface area contributed by atoms with Crippen LogP contribution in [0.4, 0.5) is 11.5 Å². The molecule has 0 unspecified atom stereocenters. The zero-order valence-electron chi connectivity index (χ0n) is 15.3. The van der Waals surface area contributed by atoms with Crippen molar-refractivity contribution in [1.29, 1.82) is 0 Å². The molecule has 0 spiro atoms. The van der Waals surface area contributed by atoms with Crippen molar-refractivity contribution >= 4 is 28.4 Å². The van der Waals surface area contributed by atoms with Crippen molar-refractivity contribution < 1.29 is 9.53 Å². The molecule has 0 saturated carbocycles.